The number of para-hydroxylation sites is 1. The van der Waals surface area contributed by atoms with Crippen molar-refractivity contribution in [2.75, 3.05) is 50.8 Å². The molecule has 2 aliphatic rings. The third-order valence-electron chi connectivity index (χ3n) is 5.13. The summed E-state index contributed by atoms with van der Waals surface area (Å²) in [5.41, 5.74) is 1.74. The first-order valence-corrected chi connectivity index (χ1v) is 11.4. The van der Waals surface area contributed by atoms with Gasteiger partial charge in [0.1, 0.15) is 12.4 Å². The molecule has 1 saturated heterocycles. The largest absolute Gasteiger partial charge is 0.463 e. The Morgan fingerprint density at radius 3 is 2.47 bits per heavy atom. The van der Waals surface area contributed by atoms with E-state index in [-0.39, 0.29) is 30.6 Å². The number of aliphatic imine (C=N–C) groups is 1. The number of nitrogens with one attached hydrogen (secondary N) is 1. The molecule has 2 aromatic rings. The SMILES string of the molecule is O=C(CN1CCN(c2ccccc2)CC1)OCCN=C1NS(=O)(=O)c2ccccc21. The fraction of sp³-hybridized carbons (Fsp3) is 0.333. The van der Waals surface area contributed by atoms with Gasteiger partial charge in [0.15, 0.2) is 0 Å². The van der Waals surface area contributed by atoms with Gasteiger partial charge >= 0.3 is 5.97 Å². The van der Waals surface area contributed by atoms with Crippen LogP contribution in [0.4, 0.5) is 5.69 Å². The lowest BCUT2D eigenvalue weighted by Crippen LogP contribution is -2.48. The van der Waals surface area contributed by atoms with Gasteiger partial charge in [-0.05, 0) is 24.3 Å². The number of carbonyl (C=O) groups excluding carboxylic acids is 1. The molecule has 8 nitrogen and oxygen atoms in total. The summed E-state index contributed by atoms with van der Waals surface area (Å²) in [6, 6.07) is 16.9. The Labute approximate surface area is 176 Å². The van der Waals surface area contributed by atoms with Gasteiger partial charge in [0.2, 0.25) is 0 Å². The number of anilines is 1. The first-order valence-electron chi connectivity index (χ1n) is 9.87. The van der Waals surface area contributed by atoms with Gasteiger partial charge in [-0.25, -0.2) is 8.42 Å². The molecular formula is C21H24N4O4S. The molecule has 158 valence electrons. The Morgan fingerprint density at radius 2 is 1.70 bits per heavy atom. The lowest BCUT2D eigenvalue weighted by atomic mass is 10.2. The van der Waals surface area contributed by atoms with Gasteiger partial charge in [-0.3, -0.25) is 19.4 Å². The van der Waals surface area contributed by atoms with Crippen LogP contribution in [-0.2, 0) is 19.6 Å². The van der Waals surface area contributed by atoms with E-state index in [2.05, 4.69) is 31.6 Å². The molecule has 0 aliphatic carbocycles. The molecule has 0 atom stereocenters. The molecule has 2 aliphatic heterocycles. The van der Waals surface area contributed by atoms with Crippen molar-refractivity contribution in [3.05, 3.63) is 60.2 Å². The molecule has 9 heteroatoms. The molecule has 0 unspecified atom stereocenters. The number of amidine groups is 1. The molecule has 4 rings (SSSR count). The quantitative estimate of drug-likeness (QED) is 0.547. The van der Waals surface area contributed by atoms with Crippen LogP contribution >= 0.6 is 0 Å². The van der Waals surface area contributed by atoms with Crippen LogP contribution in [0.2, 0.25) is 0 Å². The van der Waals surface area contributed by atoms with Crippen molar-refractivity contribution in [2.24, 2.45) is 4.99 Å². The minimum absolute atomic E-state index is 0.107. The first kappa shape index (κ1) is 20.4. The highest BCUT2D eigenvalue weighted by Gasteiger charge is 2.30. The van der Waals surface area contributed by atoms with Gasteiger partial charge in [-0.2, -0.15) is 0 Å². The lowest BCUT2D eigenvalue weighted by Gasteiger charge is -2.35. The predicted octanol–water partition coefficient (Wildman–Crippen LogP) is 1.09. The minimum Gasteiger partial charge on any atom is -0.463 e. The first-order chi connectivity index (χ1) is 14.5. The van der Waals surface area contributed by atoms with Gasteiger partial charge in [0.25, 0.3) is 10.0 Å². The van der Waals surface area contributed by atoms with Crippen LogP contribution < -0.4 is 9.62 Å². The maximum atomic E-state index is 12.1. The van der Waals surface area contributed by atoms with Gasteiger partial charge in [0, 0.05) is 37.4 Å². The maximum absolute atomic E-state index is 12.1. The van der Waals surface area contributed by atoms with Crippen molar-refractivity contribution in [3.63, 3.8) is 0 Å². The number of carbonyl (C=O) groups is 1. The van der Waals surface area contributed by atoms with Crippen molar-refractivity contribution < 1.29 is 17.9 Å². The smallest absolute Gasteiger partial charge is 0.320 e. The summed E-state index contributed by atoms with van der Waals surface area (Å²) in [7, 11) is -3.55. The molecular weight excluding hydrogens is 404 g/mol. The van der Waals surface area contributed by atoms with Gasteiger partial charge < -0.3 is 9.64 Å². The van der Waals surface area contributed by atoms with E-state index in [1.54, 1.807) is 18.2 Å². The molecule has 0 saturated carbocycles. The van der Waals surface area contributed by atoms with Crippen LogP contribution in [0.15, 0.2) is 64.5 Å². The van der Waals surface area contributed by atoms with E-state index < -0.39 is 10.0 Å². The van der Waals surface area contributed by atoms with E-state index in [9.17, 15) is 13.2 Å². The zero-order valence-corrected chi connectivity index (χ0v) is 17.3. The predicted molar refractivity (Wildman–Crippen MR) is 114 cm³/mol. The molecule has 2 aromatic carbocycles. The molecule has 0 radical (unpaired) electrons. The highest BCUT2D eigenvalue weighted by Crippen LogP contribution is 2.22. The Hall–Kier alpha value is -2.91. The van der Waals surface area contributed by atoms with Crippen molar-refractivity contribution in [1.29, 1.82) is 0 Å². The van der Waals surface area contributed by atoms with Crippen LogP contribution in [0.1, 0.15) is 5.56 Å². The van der Waals surface area contributed by atoms with E-state index in [0.717, 1.165) is 26.2 Å². The zero-order valence-electron chi connectivity index (χ0n) is 16.5. The number of fused-ring (bicyclic) bond motifs is 1. The lowest BCUT2D eigenvalue weighted by molar-refractivity contribution is -0.144. The second kappa shape index (κ2) is 8.85. The van der Waals surface area contributed by atoms with Crippen molar-refractivity contribution in [3.8, 4) is 0 Å². The van der Waals surface area contributed by atoms with E-state index in [1.807, 2.05) is 18.2 Å². The number of hydrogen-bond acceptors (Lipinski definition) is 7. The molecule has 30 heavy (non-hydrogen) atoms. The van der Waals surface area contributed by atoms with Crippen LogP contribution in [0.3, 0.4) is 0 Å². The fourth-order valence-electron chi connectivity index (χ4n) is 3.60. The monoisotopic (exact) mass is 428 g/mol. The number of rotatable bonds is 6. The third kappa shape index (κ3) is 4.63. The number of hydrogen-bond donors (Lipinski definition) is 1. The summed E-state index contributed by atoms with van der Waals surface area (Å²) < 4.78 is 31.8. The molecule has 0 bridgehead atoms. The number of nitrogens with zero attached hydrogens (tertiary/aromatic N) is 3. The van der Waals surface area contributed by atoms with Crippen LogP contribution in [0, 0.1) is 0 Å². The molecule has 0 aromatic heterocycles. The standard InChI is InChI=1S/C21H24N4O4S/c26-20(16-24-11-13-25(14-12-24)17-6-2-1-3-7-17)29-15-10-22-21-18-8-4-5-9-19(18)30(27,28)23-21/h1-9H,10-16H2,(H,22,23). The molecule has 2 heterocycles. The van der Waals surface area contributed by atoms with Crippen LogP contribution in [0.5, 0.6) is 0 Å². The van der Waals surface area contributed by atoms with E-state index in [1.165, 1.54) is 11.8 Å². The summed E-state index contributed by atoms with van der Waals surface area (Å²) >= 11 is 0. The zero-order chi connectivity index (χ0) is 21.0. The molecule has 1 fully saturated rings. The average molecular weight is 429 g/mol. The molecule has 0 spiro atoms. The average Bonchev–Trinajstić information content (AvgIpc) is 3.03. The second-order valence-electron chi connectivity index (χ2n) is 7.15. The van der Waals surface area contributed by atoms with E-state index >= 15 is 0 Å². The highest BCUT2D eigenvalue weighted by atomic mass is 32.2. The third-order valence-corrected chi connectivity index (χ3v) is 6.53. The van der Waals surface area contributed by atoms with Crippen molar-refractivity contribution in [1.82, 2.24) is 9.62 Å². The van der Waals surface area contributed by atoms with E-state index in [4.69, 9.17) is 4.74 Å². The normalized spacial score (nSPS) is 19.3. The summed E-state index contributed by atoms with van der Waals surface area (Å²) in [6.07, 6.45) is 0. The number of sulfonamides is 1. The van der Waals surface area contributed by atoms with Crippen molar-refractivity contribution in [2.45, 2.75) is 4.90 Å². The van der Waals surface area contributed by atoms with Gasteiger partial charge in [0.05, 0.1) is 18.0 Å². The topological polar surface area (TPSA) is 91.3 Å². The minimum atomic E-state index is -3.55. The van der Waals surface area contributed by atoms with Gasteiger partial charge in [-0.1, -0.05) is 30.3 Å². The Kier molecular flexibility index (Phi) is 6.01. The molecule has 1 N–H and O–H groups in total. The maximum Gasteiger partial charge on any atom is 0.320 e. The highest BCUT2D eigenvalue weighted by molar-refractivity contribution is 7.90. The molecule has 0 amide bonds. The Bertz CT molecular complexity index is 1030. The second-order valence-corrected chi connectivity index (χ2v) is 8.80. The van der Waals surface area contributed by atoms with Crippen molar-refractivity contribution >= 4 is 27.5 Å². The van der Waals surface area contributed by atoms with Gasteiger partial charge in [-0.15, -0.1) is 0 Å². The number of esters is 1. The van der Waals surface area contributed by atoms with Crippen LogP contribution in [0.25, 0.3) is 0 Å². The summed E-state index contributed by atoms with van der Waals surface area (Å²) in [6.45, 7) is 3.87. The number of piperazine rings is 1. The summed E-state index contributed by atoms with van der Waals surface area (Å²) in [4.78, 5) is 21.0. The Morgan fingerprint density at radius 1 is 1.00 bits per heavy atom. The Balaban J connectivity index is 1.21. The number of benzene rings is 2. The van der Waals surface area contributed by atoms with E-state index in [0.29, 0.717) is 11.4 Å². The number of ether oxygens (including phenoxy) is 1. The fourth-order valence-corrected chi connectivity index (χ4v) is 4.85. The van der Waals surface area contributed by atoms with Crippen LogP contribution in [-0.4, -0.2) is 71.0 Å². The summed E-state index contributed by atoms with van der Waals surface area (Å²) in [5, 5.41) is 0. The summed E-state index contributed by atoms with van der Waals surface area (Å²) in [5.74, 6) is -0.00514.